The number of nitrogens with zero attached hydrogens (tertiary/aromatic N) is 6. The molecule has 1 unspecified atom stereocenters. The lowest BCUT2D eigenvalue weighted by molar-refractivity contribution is -0.138. The number of methoxy groups -OCH3 is 1. The Labute approximate surface area is 202 Å². The first-order valence-corrected chi connectivity index (χ1v) is 10.9. The molecule has 1 saturated heterocycles. The second kappa shape index (κ2) is 9.88. The molecule has 4 rings (SSSR count). The van der Waals surface area contributed by atoms with Gasteiger partial charge in [0, 0.05) is 44.5 Å². The Bertz CT molecular complexity index is 1200. The molecule has 13 heteroatoms. The van der Waals surface area contributed by atoms with Crippen molar-refractivity contribution >= 4 is 11.8 Å². The number of benzene rings is 1. The summed E-state index contributed by atoms with van der Waals surface area (Å²) in [6.07, 6.45) is -7.69. The second-order valence-electron chi connectivity index (χ2n) is 8.24. The minimum absolute atomic E-state index is 0.0420. The van der Waals surface area contributed by atoms with Crippen LogP contribution in [0, 0.1) is 0 Å². The van der Waals surface area contributed by atoms with E-state index in [1.54, 1.807) is 4.90 Å². The number of rotatable bonds is 5. The lowest BCUT2D eigenvalue weighted by Crippen LogP contribution is -2.53. The van der Waals surface area contributed by atoms with Gasteiger partial charge in [0.05, 0.1) is 11.1 Å². The van der Waals surface area contributed by atoms with E-state index >= 15 is 0 Å². The first-order valence-electron chi connectivity index (χ1n) is 10.9. The molecule has 7 nitrogen and oxygen atoms in total. The van der Waals surface area contributed by atoms with Crippen molar-refractivity contribution in [3.05, 3.63) is 59.5 Å². The molecule has 0 spiro atoms. The van der Waals surface area contributed by atoms with Crippen LogP contribution in [0.2, 0.25) is 0 Å². The van der Waals surface area contributed by atoms with Gasteiger partial charge in [0.25, 0.3) is 0 Å². The second-order valence-corrected chi connectivity index (χ2v) is 8.24. The van der Waals surface area contributed by atoms with Crippen LogP contribution in [0.3, 0.4) is 0 Å². The molecule has 1 aliphatic heterocycles. The third-order valence-corrected chi connectivity index (χ3v) is 5.69. The highest BCUT2D eigenvalue weighted by atomic mass is 19.4. The maximum Gasteiger partial charge on any atom is 0.419 e. The van der Waals surface area contributed by atoms with Crippen LogP contribution in [0.1, 0.15) is 23.9 Å². The average Bonchev–Trinajstić information content (AvgIpc) is 2.83. The highest BCUT2D eigenvalue weighted by molar-refractivity contribution is 5.58. The Hall–Kier alpha value is -3.48. The Balaban J connectivity index is 1.61. The van der Waals surface area contributed by atoms with Gasteiger partial charge >= 0.3 is 12.4 Å². The van der Waals surface area contributed by atoms with Gasteiger partial charge in [-0.1, -0.05) is 12.1 Å². The molecule has 0 amide bonds. The fourth-order valence-corrected chi connectivity index (χ4v) is 3.98. The minimum Gasteiger partial charge on any atom is -0.377 e. The van der Waals surface area contributed by atoms with E-state index in [9.17, 15) is 26.3 Å². The summed E-state index contributed by atoms with van der Waals surface area (Å²) in [4.78, 5) is 20.5. The Morgan fingerprint density at radius 1 is 0.944 bits per heavy atom. The molecule has 3 heterocycles. The molecule has 2 aromatic heterocycles. The van der Waals surface area contributed by atoms with E-state index in [2.05, 4.69) is 19.9 Å². The summed E-state index contributed by atoms with van der Waals surface area (Å²) in [7, 11) is 1.45. The molecule has 1 atom stereocenters. The van der Waals surface area contributed by atoms with E-state index in [-0.39, 0.29) is 55.7 Å². The topological polar surface area (TPSA) is 67.3 Å². The molecule has 1 aromatic carbocycles. The molecule has 3 aromatic rings. The average molecular weight is 512 g/mol. The van der Waals surface area contributed by atoms with Crippen molar-refractivity contribution in [2.75, 3.05) is 36.5 Å². The number of piperazine rings is 1. The van der Waals surface area contributed by atoms with Crippen LogP contribution in [-0.4, -0.2) is 52.7 Å². The molecule has 0 saturated carbocycles. The molecule has 0 bridgehead atoms. The smallest absolute Gasteiger partial charge is 0.377 e. The lowest BCUT2D eigenvalue weighted by Gasteiger charge is -2.41. The van der Waals surface area contributed by atoms with Gasteiger partial charge in [0.15, 0.2) is 11.6 Å². The number of anilines is 2. The van der Waals surface area contributed by atoms with Crippen LogP contribution in [0.5, 0.6) is 0 Å². The fraction of sp³-hybridized carbons (Fsp3) is 0.391. The largest absolute Gasteiger partial charge is 0.419 e. The number of pyridine rings is 1. The van der Waals surface area contributed by atoms with Crippen molar-refractivity contribution in [2.45, 2.75) is 31.9 Å². The van der Waals surface area contributed by atoms with Gasteiger partial charge in [-0.2, -0.15) is 36.3 Å². The zero-order valence-electron chi connectivity index (χ0n) is 19.3. The first-order chi connectivity index (χ1) is 17.0. The van der Waals surface area contributed by atoms with E-state index in [0.29, 0.717) is 5.56 Å². The molecule has 0 radical (unpaired) electrons. The number of ether oxygens (including phenoxy) is 1. The summed E-state index contributed by atoms with van der Waals surface area (Å²) in [6, 6.07) is 6.39. The van der Waals surface area contributed by atoms with E-state index in [1.807, 2.05) is 11.8 Å². The summed E-state index contributed by atoms with van der Waals surface area (Å²) >= 11 is 0. The van der Waals surface area contributed by atoms with Gasteiger partial charge < -0.3 is 14.5 Å². The summed E-state index contributed by atoms with van der Waals surface area (Å²) in [5, 5.41) is 0. The molecule has 0 N–H and O–H groups in total. The summed E-state index contributed by atoms with van der Waals surface area (Å²) < 4.78 is 84.4. The predicted molar refractivity (Wildman–Crippen MR) is 119 cm³/mol. The zero-order valence-corrected chi connectivity index (χ0v) is 19.3. The van der Waals surface area contributed by atoms with E-state index < -0.39 is 23.5 Å². The highest BCUT2D eigenvalue weighted by Crippen LogP contribution is 2.36. The number of aromatic nitrogens is 4. The maximum absolute atomic E-state index is 13.5. The molecule has 0 aliphatic carbocycles. The number of hydrogen-bond acceptors (Lipinski definition) is 7. The van der Waals surface area contributed by atoms with Crippen LogP contribution < -0.4 is 9.80 Å². The SMILES string of the molecule is COCc1nc(-c2ccc(C(F)(F)F)cc2)nc(N2CCN(c3ncccc3C(F)(F)F)CC2C)n1. The van der Waals surface area contributed by atoms with Gasteiger partial charge in [-0.3, -0.25) is 0 Å². The van der Waals surface area contributed by atoms with Crippen molar-refractivity contribution in [1.29, 1.82) is 0 Å². The van der Waals surface area contributed by atoms with Crippen LogP contribution in [0.25, 0.3) is 11.4 Å². The number of alkyl halides is 6. The standard InChI is InChI=1S/C23H22F6N6O/c1-14-12-34(20-17(23(27,28)29)4-3-9-30-20)10-11-35(14)21-32-18(13-36-2)31-19(33-21)15-5-7-16(8-6-15)22(24,25)26/h3-9,14H,10-13H2,1-2H3. The maximum atomic E-state index is 13.5. The Morgan fingerprint density at radius 2 is 1.67 bits per heavy atom. The summed E-state index contributed by atoms with van der Waals surface area (Å²) in [5.74, 6) is 0.560. The van der Waals surface area contributed by atoms with Gasteiger partial charge in [-0.05, 0) is 31.2 Å². The van der Waals surface area contributed by atoms with Crippen molar-refractivity contribution in [3.63, 3.8) is 0 Å². The predicted octanol–water partition coefficient (Wildman–Crippen LogP) is 4.83. The van der Waals surface area contributed by atoms with Crippen LogP contribution in [0.4, 0.5) is 38.1 Å². The highest BCUT2D eigenvalue weighted by Gasteiger charge is 2.37. The van der Waals surface area contributed by atoms with E-state index in [1.165, 1.54) is 31.5 Å². The van der Waals surface area contributed by atoms with Crippen LogP contribution in [0.15, 0.2) is 42.6 Å². The van der Waals surface area contributed by atoms with Crippen molar-refractivity contribution < 1.29 is 31.1 Å². The van der Waals surface area contributed by atoms with Gasteiger partial charge in [0.2, 0.25) is 5.95 Å². The fourth-order valence-electron chi connectivity index (χ4n) is 3.98. The quantitative estimate of drug-likeness (QED) is 0.454. The Kier molecular flexibility index (Phi) is 7.03. The molecular formula is C23H22F6N6O. The molecule has 192 valence electrons. The molecule has 1 aliphatic rings. The van der Waals surface area contributed by atoms with Crippen molar-refractivity contribution in [1.82, 2.24) is 19.9 Å². The number of halogens is 6. The van der Waals surface area contributed by atoms with E-state index in [4.69, 9.17) is 4.74 Å². The molecule has 1 fully saturated rings. The normalized spacial score (nSPS) is 16.9. The molecule has 36 heavy (non-hydrogen) atoms. The minimum atomic E-state index is -4.54. The number of hydrogen-bond donors (Lipinski definition) is 0. The van der Waals surface area contributed by atoms with E-state index in [0.717, 1.165) is 18.2 Å². The third-order valence-electron chi connectivity index (χ3n) is 5.69. The summed E-state index contributed by atoms with van der Waals surface area (Å²) in [5.41, 5.74) is -1.24. The van der Waals surface area contributed by atoms with Crippen molar-refractivity contribution in [3.8, 4) is 11.4 Å². The Morgan fingerprint density at radius 3 is 2.28 bits per heavy atom. The summed E-state index contributed by atoms with van der Waals surface area (Å²) in [6.45, 7) is 2.60. The van der Waals surface area contributed by atoms with Gasteiger partial charge in [0.1, 0.15) is 12.4 Å². The van der Waals surface area contributed by atoms with Gasteiger partial charge in [-0.25, -0.2) is 9.97 Å². The third kappa shape index (κ3) is 5.50. The molecular weight excluding hydrogens is 490 g/mol. The zero-order chi connectivity index (χ0) is 26.1. The first kappa shape index (κ1) is 25.6. The van der Waals surface area contributed by atoms with Crippen molar-refractivity contribution in [2.24, 2.45) is 0 Å². The lowest BCUT2D eigenvalue weighted by atomic mass is 10.1. The van der Waals surface area contributed by atoms with Crippen LogP contribution in [-0.2, 0) is 23.7 Å². The monoisotopic (exact) mass is 512 g/mol. The van der Waals surface area contributed by atoms with Gasteiger partial charge in [-0.15, -0.1) is 0 Å². The van der Waals surface area contributed by atoms with Crippen LogP contribution >= 0.6 is 0 Å².